The van der Waals surface area contributed by atoms with E-state index >= 15 is 0 Å². The van der Waals surface area contributed by atoms with Crippen LogP contribution < -0.4 is 10.5 Å². The standard InChI is InChI=1S/C8H9N3O4S2/c9-17(13,14)6-2-1-5(15-6)7(12)11-8-10-3-4-16-8/h1-2H,3-4H2,(H2,9,13,14)(H,10,11,12). The number of amides is 1. The molecule has 0 aliphatic carbocycles. The number of nitrogens with zero attached hydrogens (tertiary/aromatic N) is 1. The van der Waals surface area contributed by atoms with Gasteiger partial charge in [-0.1, -0.05) is 11.8 Å². The first kappa shape index (κ1) is 12.1. The lowest BCUT2D eigenvalue weighted by Gasteiger charge is -2.00. The van der Waals surface area contributed by atoms with Crippen molar-refractivity contribution < 1.29 is 17.6 Å². The third kappa shape index (κ3) is 2.87. The molecule has 17 heavy (non-hydrogen) atoms. The van der Waals surface area contributed by atoms with E-state index in [4.69, 9.17) is 9.56 Å². The Morgan fingerprint density at radius 3 is 2.82 bits per heavy atom. The second-order valence-corrected chi connectivity index (χ2v) is 5.73. The summed E-state index contributed by atoms with van der Waals surface area (Å²) in [6.45, 7) is 0.654. The highest BCUT2D eigenvalue weighted by Crippen LogP contribution is 2.14. The number of sulfonamides is 1. The van der Waals surface area contributed by atoms with Crippen molar-refractivity contribution in [1.29, 1.82) is 0 Å². The molecule has 7 nitrogen and oxygen atoms in total. The van der Waals surface area contributed by atoms with Gasteiger partial charge in [0.25, 0.3) is 15.9 Å². The molecule has 1 amide bonds. The van der Waals surface area contributed by atoms with Gasteiger partial charge in [0.15, 0.2) is 10.9 Å². The Kier molecular flexibility index (Phi) is 3.22. The summed E-state index contributed by atoms with van der Waals surface area (Å²) in [6.07, 6.45) is 0. The maximum absolute atomic E-state index is 11.6. The van der Waals surface area contributed by atoms with Gasteiger partial charge in [0.2, 0.25) is 5.09 Å². The third-order valence-corrected chi connectivity index (χ3v) is 3.56. The van der Waals surface area contributed by atoms with Crippen LogP contribution in [0.25, 0.3) is 0 Å². The molecule has 3 N–H and O–H groups in total. The van der Waals surface area contributed by atoms with E-state index in [9.17, 15) is 13.2 Å². The van der Waals surface area contributed by atoms with E-state index in [1.807, 2.05) is 0 Å². The summed E-state index contributed by atoms with van der Waals surface area (Å²) in [5.41, 5.74) is 0. The van der Waals surface area contributed by atoms with Crippen LogP contribution in [0.2, 0.25) is 0 Å². The molecule has 2 heterocycles. The van der Waals surface area contributed by atoms with Crippen molar-refractivity contribution in [2.45, 2.75) is 5.09 Å². The first-order chi connectivity index (χ1) is 7.97. The van der Waals surface area contributed by atoms with E-state index in [0.717, 1.165) is 11.8 Å². The lowest BCUT2D eigenvalue weighted by Crippen LogP contribution is -2.26. The minimum absolute atomic E-state index is 0.121. The van der Waals surface area contributed by atoms with Crippen LogP contribution in [0.4, 0.5) is 0 Å². The van der Waals surface area contributed by atoms with Gasteiger partial charge < -0.3 is 4.42 Å². The summed E-state index contributed by atoms with van der Waals surface area (Å²) >= 11 is 1.41. The second-order valence-electron chi connectivity index (χ2n) is 3.15. The van der Waals surface area contributed by atoms with Gasteiger partial charge in [-0.3, -0.25) is 15.1 Å². The zero-order chi connectivity index (χ0) is 12.5. The quantitative estimate of drug-likeness (QED) is 0.773. The number of furan rings is 1. The van der Waals surface area contributed by atoms with Crippen molar-refractivity contribution >= 4 is 32.9 Å². The predicted octanol–water partition coefficient (Wildman–Crippen LogP) is -0.240. The number of hydrogen-bond donors (Lipinski definition) is 2. The van der Waals surface area contributed by atoms with Crippen LogP contribution in [0.5, 0.6) is 0 Å². The molecule has 1 aromatic heterocycles. The maximum atomic E-state index is 11.6. The van der Waals surface area contributed by atoms with Gasteiger partial charge in [-0.05, 0) is 12.1 Å². The van der Waals surface area contributed by atoms with Gasteiger partial charge in [-0.2, -0.15) is 0 Å². The lowest BCUT2D eigenvalue weighted by atomic mass is 10.4. The summed E-state index contributed by atoms with van der Waals surface area (Å²) in [5, 5.41) is 7.42. The average molecular weight is 275 g/mol. The molecule has 2 rings (SSSR count). The molecule has 92 valence electrons. The summed E-state index contributed by atoms with van der Waals surface area (Å²) < 4.78 is 26.7. The fourth-order valence-electron chi connectivity index (χ4n) is 1.16. The molecule has 0 fully saturated rings. The largest absolute Gasteiger partial charge is 0.438 e. The molecule has 0 saturated carbocycles. The molecule has 0 radical (unpaired) electrons. The number of primary sulfonamides is 1. The van der Waals surface area contributed by atoms with E-state index in [0.29, 0.717) is 11.7 Å². The van der Waals surface area contributed by atoms with Gasteiger partial charge in [0, 0.05) is 5.75 Å². The topological polar surface area (TPSA) is 115 Å². The van der Waals surface area contributed by atoms with Crippen LogP contribution in [0.15, 0.2) is 26.6 Å². The number of nitrogens with one attached hydrogen (secondary N) is 1. The van der Waals surface area contributed by atoms with E-state index in [-0.39, 0.29) is 5.76 Å². The Morgan fingerprint density at radius 1 is 1.53 bits per heavy atom. The zero-order valence-electron chi connectivity index (χ0n) is 8.54. The predicted molar refractivity (Wildman–Crippen MR) is 62.3 cm³/mol. The van der Waals surface area contributed by atoms with Crippen LogP contribution in [0.1, 0.15) is 10.6 Å². The maximum Gasteiger partial charge on any atom is 0.292 e. The SMILES string of the molecule is NS(=O)(=O)c1ccc(C(=O)NC2=NCCS2)o1. The smallest absolute Gasteiger partial charge is 0.292 e. The van der Waals surface area contributed by atoms with E-state index in [2.05, 4.69) is 10.3 Å². The molecule has 1 aromatic rings. The minimum Gasteiger partial charge on any atom is -0.438 e. The molecule has 1 aliphatic rings. The molecule has 0 unspecified atom stereocenters. The van der Waals surface area contributed by atoms with Gasteiger partial charge >= 0.3 is 0 Å². The van der Waals surface area contributed by atoms with Gasteiger partial charge in [-0.15, -0.1) is 0 Å². The highest BCUT2D eigenvalue weighted by molar-refractivity contribution is 8.14. The molecule has 1 aliphatic heterocycles. The Hall–Kier alpha value is -1.32. The normalized spacial score (nSPS) is 15.7. The second kappa shape index (κ2) is 4.51. The number of hydrogen-bond acceptors (Lipinski definition) is 6. The highest BCUT2D eigenvalue weighted by atomic mass is 32.2. The number of amidine groups is 1. The Labute approximate surface area is 102 Å². The Morgan fingerprint density at radius 2 is 2.29 bits per heavy atom. The molecule has 9 heteroatoms. The lowest BCUT2D eigenvalue weighted by molar-refractivity contribution is 0.0945. The van der Waals surface area contributed by atoms with Crippen molar-refractivity contribution in [2.24, 2.45) is 10.1 Å². The van der Waals surface area contributed by atoms with Gasteiger partial charge in [-0.25, -0.2) is 13.6 Å². The number of rotatable bonds is 2. The number of thioether (sulfide) groups is 1. The number of carbonyl (C=O) groups is 1. The minimum atomic E-state index is -3.92. The summed E-state index contributed by atoms with van der Waals surface area (Å²) in [5.74, 6) is 0.146. The van der Waals surface area contributed by atoms with Gasteiger partial charge in [0.05, 0.1) is 6.54 Å². The van der Waals surface area contributed by atoms with E-state index in [1.54, 1.807) is 0 Å². The molecular formula is C8H9N3O4S2. The average Bonchev–Trinajstić information content (AvgIpc) is 2.85. The van der Waals surface area contributed by atoms with E-state index < -0.39 is 21.0 Å². The van der Waals surface area contributed by atoms with Crippen LogP contribution in [-0.4, -0.2) is 31.8 Å². The fraction of sp³-hybridized carbons (Fsp3) is 0.250. The molecular weight excluding hydrogens is 266 g/mol. The fourth-order valence-corrected chi connectivity index (χ4v) is 2.35. The van der Waals surface area contributed by atoms with Crippen LogP contribution in [0.3, 0.4) is 0 Å². The number of aliphatic imine (C=N–C) groups is 1. The van der Waals surface area contributed by atoms with E-state index in [1.165, 1.54) is 17.8 Å². The highest BCUT2D eigenvalue weighted by Gasteiger charge is 2.19. The van der Waals surface area contributed by atoms with Crippen molar-refractivity contribution in [3.63, 3.8) is 0 Å². The molecule has 0 bridgehead atoms. The van der Waals surface area contributed by atoms with Crippen molar-refractivity contribution in [2.75, 3.05) is 12.3 Å². The van der Waals surface area contributed by atoms with Crippen molar-refractivity contribution in [3.05, 3.63) is 17.9 Å². The number of carbonyl (C=O) groups excluding carboxylic acids is 1. The first-order valence-corrected chi connectivity index (χ1v) is 7.11. The summed E-state index contributed by atoms with van der Waals surface area (Å²) in [6, 6.07) is 2.38. The molecule has 0 spiro atoms. The third-order valence-electron chi connectivity index (χ3n) is 1.89. The van der Waals surface area contributed by atoms with Crippen molar-refractivity contribution in [1.82, 2.24) is 5.32 Å². The van der Waals surface area contributed by atoms with Crippen LogP contribution >= 0.6 is 11.8 Å². The Bertz CT molecular complexity index is 575. The summed E-state index contributed by atoms with van der Waals surface area (Å²) in [4.78, 5) is 15.6. The first-order valence-electron chi connectivity index (χ1n) is 4.58. The van der Waals surface area contributed by atoms with Crippen LogP contribution in [-0.2, 0) is 10.0 Å². The van der Waals surface area contributed by atoms with Crippen molar-refractivity contribution in [3.8, 4) is 0 Å². The number of nitrogens with two attached hydrogens (primary N) is 1. The molecule has 0 aromatic carbocycles. The van der Waals surface area contributed by atoms with Crippen LogP contribution in [0, 0.1) is 0 Å². The monoisotopic (exact) mass is 275 g/mol. The zero-order valence-corrected chi connectivity index (χ0v) is 10.2. The molecule has 0 saturated heterocycles. The van der Waals surface area contributed by atoms with Gasteiger partial charge in [0.1, 0.15) is 0 Å². The molecule has 0 atom stereocenters. The Balaban J connectivity index is 2.12. The summed E-state index contributed by atoms with van der Waals surface area (Å²) in [7, 11) is -3.92.